The van der Waals surface area contributed by atoms with Gasteiger partial charge in [-0.25, -0.2) is 15.0 Å². The van der Waals surface area contributed by atoms with Gasteiger partial charge in [0.2, 0.25) is 0 Å². The van der Waals surface area contributed by atoms with Gasteiger partial charge in [-0.1, -0.05) is 105 Å². The van der Waals surface area contributed by atoms with Crippen LogP contribution in [0.3, 0.4) is 0 Å². The Hall–Kier alpha value is -6.72. The zero-order valence-electron chi connectivity index (χ0n) is 43.1. The van der Waals surface area contributed by atoms with Crippen LogP contribution in [0, 0.1) is 0 Å². The Morgan fingerprint density at radius 2 is 0.771 bits per heavy atom. The van der Waals surface area contributed by atoms with E-state index in [-0.39, 0.29) is 0 Å². The summed E-state index contributed by atoms with van der Waals surface area (Å²) in [5, 5.41) is 4.54. The number of aromatic nitrogens is 4. The van der Waals surface area contributed by atoms with Crippen molar-refractivity contribution in [2.24, 2.45) is 0 Å². The molecule has 0 radical (unpaired) electrons. The van der Waals surface area contributed by atoms with Crippen LogP contribution in [0.25, 0.3) is 106 Å². The van der Waals surface area contributed by atoms with E-state index in [0.29, 0.717) is 17.5 Å². The molecule has 0 spiro atoms. The predicted molar refractivity (Wildman–Crippen MR) is 343 cm³/mol. The summed E-state index contributed by atoms with van der Waals surface area (Å²) < 4.78 is 9.14. The number of hydrogen-bond acceptors (Lipinski definition) is 4. The highest BCUT2D eigenvalue weighted by molar-refractivity contribution is 6.71. The summed E-state index contributed by atoms with van der Waals surface area (Å²) >= 11 is 0. The molecule has 0 aliphatic heterocycles. The number of benzene rings is 8. The molecule has 11 aromatic rings. The molecule has 3 aromatic heterocycles. The van der Waals surface area contributed by atoms with Crippen molar-refractivity contribution in [2.45, 2.75) is 0 Å². The highest BCUT2D eigenvalue weighted by atomic mass is 16.3. The van der Waals surface area contributed by atoms with Gasteiger partial charge < -0.3 is 8.98 Å². The van der Waals surface area contributed by atoms with E-state index in [1.165, 1.54) is 121 Å². The summed E-state index contributed by atoms with van der Waals surface area (Å²) in [5.41, 5.74) is 30.9. The Balaban J connectivity index is 1.11. The van der Waals surface area contributed by atoms with Crippen molar-refractivity contribution in [1.29, 1.82) is 0 Å². The zero-order chi connectivity index (χ0) is 49.2. The Morgan fingerprint density at radius 3 is 1.40 bits per heavy atom. The van der Waals surface area contributed by atoms with Crippen molar-refractivity contribution in [3.05, 3.63) is 109 Å². The largest absolute Gasteiger partial charge is 0.456 e. The summed E-state index contributed by atoms with van der Waals surface area (Å²) in [6, 6.07) is 39.1. The third-order valence-electron chi connectivity index (χ3n) is 16.7. The van der Waals surface area contributed by atoms with Crippen LogP contribution in [0.5, 0.6) is 0 Å². The quantitative estimate of drug-likeness (QED) is 0.156. The Kier molecular flexibility index (Phi) is 11.1. The third kappa shape index (κ3) is 6.93. The lowest BCUT2D eigenvalue weighted by atomic mass is 9.56. The molecule has 0 N–H and O–H groups in total. The van der Waals surface area contributed by atoms with Crippen molar-refractivity contribution >= 4 is 230 Å². The minimum atomic E-state index is 0.616. The third-order valence-corrected chi connectivity index (χ3v) is 16.7. The van der Waals surface area contributed by atoms with Gasteiger partial charge >= 0.3 is 0 Å². The molecule has 0 saturated carbocycles. The van der Waals surface area contributed by atoms with E-state index in [1.54, 1.807) is 0 Å². The maximum absolute atomic E-state index is 6.75. The summed E-state index contributed by atoms with van der Waals surface area (Å²) in [4.78, 5) is 16.4. The van der Waals surface area contributed by atoms with Gasteiger partial charge in [-0.05, 0) is 64.7 Å². The topological polar surface area (TPSA) is 56.7 Å². The van der Waals surface area contributed by atoms with Crippen molar-refractivity contribution in [2.75, 3.05) is 0 Å². The lowest BCUT2D eigenvalue weighted by Gasteiger charge is -2.27. The lowest BCUT2D eigenvalue weighted by molar-refractivity contribution is 0.669. The van der Waals surface area contributed by atoms with E-state index in [2.05, 4.69) is 224 Å². The molecule has 318 valence electrons. The summed E-state index contributed by atoms with van der Waals surface area (Å²) in [7, 11) is 31.4. The molecule has 19 heteroatoms. The van der Waals surface area contributed by atoms with E-state index < -0.39 is 0 Å². The molecule has 0 unspecified atom stereocenters. The van der Waals surface area contributed by atoms with Gasteiger partial charge in [0.25, 0.3) is 0 Å². The van der Waals surface area contributed by atoms with Crippen molar-refractivity contribution in [3.8, 4) is 62.1 Å². The van der Waals surface area contributed by atoms with Crippen LogP contribution >= 0.6 is 0 Å². The number of furan rings is 1. The fourth-order valence-electron chi connectivity index (χ4n) is 11.6. The highest BCUT2D eigenvalue weighted by Crippen LogP contribution is 2.38. The maximum Gasteiger partial charge on any atom is 0.164 e. The van der Waals surface area contributed by atoms with Gasteiger partial charge in [0, 0.05) is 43.9 Å². The molecular weight excluding hydrogens is 836 g/mol. The van der Waals surface area contributed by atoms with Gasteiger partial charge in [0.05, 0.1) is 11.0 Å². The average molecular weight is 882 g/mol. The van der Waals surface area contributed by atoms with E-state index in [0.717, 1.165) is 44.3 Å². The Labute approximate surface area is 422 Å². The van der Waals surface area contributed by atoms with Crippen LogP contribution in [0.15, 0.2) is 114 Å². The molecule has 70 heavy (non-hydrogen) atoms. The minimum Gasteiger partial charge on any atom is -0.456 e. The number of hydrogen-bond donors (Lipinski definition) is 0. The first-order chi connectivity index (χ1) is 33.5. The van der Waals surface area contributed by atoms with Crippen LogP contribution in [-0.4, -0.2) is 129 Å². The van der Waals surface area contributed by atoms with E-state index in [9.17, 15) is 0 Å². The van der Waals surface area contributed by atoms with Gasteiger partial charge in [-0.2, -0.15) is 0 Å². The van der Waals surface area contributed by atoms with Crippen LogP contribution < -0.4 is 76.5 Å². The SMILES string of the molecule is Bc1c(B)c(B)c(-c2nc(-c3ccc4c(c3)oc3ccc(-n5c6ccccc6c6ccc(-c7ccccc7)cc65)cc34)nc(-c3c(B)c(B)c(B)c(-c4c(B)c(B)c(B)c(B)c4B)c3B)n2)c(B)c1B. The highest BCUT2D eigenvalue weighted by Gasteiger charge is 2.25. The molecule has 8 aromatic carbocycles. The predicted octanol–water partition coefficient (Wildman–Crippen LogP) is -11.2. The van der Waals surface area contributed by atoms with Crippen molar-refractivity contribution in [3.63, 3.8) is 0 Å². The Morgan fingerprint density at radius 1 is 0.300 bits per heavy atom. The first kappa shape index (κ1) is 45.7. The first-order valence-corrected chi connectivity index (χ1v) is 24.6. The van der Waals surface area contributed by atoms with E-state index in [1.807, 2.05) is 0 Å². The fourth-order valence-corrected chi connectivity index (χ4v) is 11.6. The lowest BCUT2D eigenvalue weighted by Crippen LogP contribution is -2.57. The minimum absolute atomic E-state index is 0.616. The van der Waals surface area contributed by atoms with Gasteiger partial charge in [-0.15, -0.1) is 38.2 Å². The molecule has 0 atom stereocenters. The van der Waals surface area contributed by atoms with Crippen LogP contribution in [-0.2, 0) is 0 Å². The molecule has 0 amide bonds. The summed E-state index contributed by atoms with van der Waals surface area (Å²) in [6.45, 7) is 0. The second-order valence-corrected chi connectivity index (χ2v) is 20.0. The number of nitrogens with zero attached hydrogens (tertiary/aromatic N) is 4. The standard InChI is InChI=1S/C51H46B14N4O/c52-35-31(32-37(54)43(60)47(64)44(61)38(32)55)36(53)42(59)39(56)33(35)50-66-49(67-51(68-50)34-40(57)45(62)48(65)46(63)41(34)58)21-11-14-25-26-18-22(12-15-29(26)70-30(25)17-21)69-27-9-5-4-8-23(27)24-13-10-20(16-28(24)69)19-6-2-1-3-7-19/h1-18H,52-65H2. The van der Waals surface area contributed by atoms with Gasteiger partial charge in [0.1, 0.15) is 121 Å². The van der Waals surface area contributed by atoms with E-state index >= 15 is 0 Å². The summed E-state index contributed by atoms with van der Waals surface area (Å²) in [5.74, 6) is 1.98. The van der Waals surface area contributed by atoms with Gasteiger partial charge in [-0.3, -0.25) is 0 Å². The number of rotatable bonds is 6. The van der Waals surface area contributed by atoms with Crippen LogP contribution in [0.1, 0.15) is 0 Å². The maximum atomic E-state index is 6.75. The zero-order valence-corrected chi connectivity index (χ0v) is 43.1. The molecule has 0 bridgehead atoms. The number of fused-ring (bicyclic) bond motifs is 6. The molecule has 0 fully saturated rings. The molecule has 3 heterocycles. The fraction of sp³-hybridized carbons (Fsp3) is 0. The van der Waals surface area contributed by atoms with Crippen LogP contribution in [0.2, 0.25) is 0 Å². The van der Waals surface area contributed by atoms with E-state index in [4.69, 9.17) is 19.4 Å². The monoisotopic (exact) mass is 884 g/mol. The molecule has 11 rings (SSSR count). The first-order valence-electron chi connectivity index (χ1n) is 24.6. The Bertz CT molecular complexity index is 4020. The smallest absolute Gasteiger partial charge is 0.164 e. The van der Waals surface area contributed by atoms with Crippen LogP contribution in [0.4, 0.5) is 0 Å². The molecular formula is C51H46B14N4O. The van der Waals surface area contributed by atoms with Gasteiger partial charge in [0.15, 0.2) is 17.5 Å². The number of para-hydroxylation sites is 1. The normalized spacial score (nSPS) is 11.7. The van der Waals surface area contributed by atoms with Crippen molar-refractivity contribution in [1.82, 2.24) is 19.5 Å². The molecule has 0 saturated heterocycles. The molecule has 0 aliphatic rings. The summed E-state index contributed by atoms with van der Waals surface area (Å²) in [6.07, 6.45) is 0. The average Bonchev–Trinajstić information content (AvgIpc) is 3.91. The molecule has 5 nitrogen and oxygen atoms in total. The second kappa shape index (κ2) is 17.0. The van der Waals surface area contributed by atoms with Crippen molar-refractivity contribution < 1.29 is 4.42 Å². The molecule has 0 aliphatic carbocycles. The second-order valence-electron chi connectivity index (χ2n) is 20.0.